The summed E-state index contributed by atoms with van der Waals surface area (Å²) in [7, 11) is 0. The molecule has 0 amide bonds. The SMILES string of the molecule is Cc1csc(N2CCCC2CCBr)n1. The summed E-state index contributed by atoms with van der Waals surface area (Å²) in [5.41, 5.74) is 1.15. The first-order chi connectivity index (χ1) is 6.81. The van der Waals surface area contributed by atoms with Crippen LogP contribution < -0.4 is 4.90 Å². The molecule has 1 aromatic heterocycles. The van der Waals surface area contributed by atoms with E-state index in [4.69, 9.17) is 0 Å². The Morgan fingerprint density at radius 2 is 2.57 bits per heavy atom. The summed E-state index contributed by atoms with van der Waals surface area (Å²) in [4.78, 5) is 7.03. The largest absolute Gasteiger partial charge is 0.345 e. The number of hydrogen-bond donors (Lipinski definition) is 0. The van der Waals surface area contributed by atoms with Gasteiger partial charge in [0, 0.05) is 23.3 Å². The molecule has 1 saturated heterocycles. The molecule has 1 unspecified atom stereocenters. The Morgan fingerprint density at radius 3 is 3.21 bits per heavy atom. The maximum atomic E-state index is 4.55. The second-order valence-corrected chi connectivity index (χ2v) is 5.37. The van der Waals surface area contributed by atoms with Gasteiger partial charge in [0.25, 0.3) is 0 Å². The zero-order chi connectivity index (χ0) is 9.97. The van der Waals surface area contributed by atoms with Crippen LogP contribution in [0.2, 0.25) is 0 Å². The predicted octanol–water partition coefficient (Wildman–Crippen LogP) is 3.21. The highest BCUT2D eigenvalue weighted by atomic mass is 79.9. The summed E-state index contributed by atoms with van der Waals surface area (Å²) in [6, 6.07) is 0.708. The van der Waals surface area contributed by atoms with E-state index in [9.17, 15) is 0 Å². The van der Waals surface area contributed by atoms with Crippen molar-refractivity contribution in [3.63, 3.8) is 0 Å². The van der Waals surface area contributed by atoms with Crippen LogP contribution in [0.4, 0.5) is 5.13 Å². The van der Waals surface area contributed by atoms with Crippen molar-refractivity contribution in [3.05, 3.63) is 11.1 Å². The number of anilines is 1. The zero-order valence-electron chi connectivity index (χ0n) is 8.37. The van der Waals surface area contributed by atoms with Crippen molar-refractivity contribution >= 4 is 32.4 Å². The highest BCUT2D eigenvalue weighted by Gasteiger charge is 2.25. The molecule has 1 aromatic rings. The van der Waals surface area contributed by atoms with E-state index < -0.39 is 0 Å². The lowest BCUT2D eigenvalue weighted by Gasteiger charge is -2.23. The molecule has 0 aromatic carbocycles. The van der Waals surface area contributed by atoms with Crippen LogP contribution in [0.25, 0.3) is 0 Å². The summed E-state index contributed by atoms with van der Waals surface area (Å²) in [6.07, 6.45) is 3.87. The van der Waals surface area contributed by atoms with Crippen molar-refractivity contribution in [1.29, 1.82) is 0 Å². The van der Waals surface area contributed by atoms with E-state index in [1.54, 1.807) is 11.3 Å². The van der Waals surface area contributed by atoms with E-state index >= 15 is 0 Å². The predicted molar refractivity (Wildman–Crippen MR) is 65.6 cm³/mol. The molecule has 0 N–H and O–H groups in total. The topological polar surface area (TPSA) is 16.1 Å². The molecule has 78 valence electrons. The Labute approximate surface area is 97.5 Å². The fourth-order valence-electron chi connectivity index (χ4n) is 1.99. The van der Waals surface area contributed by atoms with Gasteiger partial charge in [-0.3, -0.25) is 0 Å². The molecule has 0 saturated carbocycles. The smallest absolute Gasteiger partial charge is 0.185 e. The Balaban J connectivity index is 2.09. The molecule has 14 heavy (non-hydrogen) atoms. The molecule has 0 bridgehead atoms. The average Bonchev–Trinajstić information content (AvgIpc) is 2.74. The van der Waals surface area contributed by atoms with E-state index in [0.717, 1.165) is 11.0 Å². The number of alkyl halides is 1. The van der Waals surface area contributed by atoms with Crippen molar-refractivity contribution in [2.45, 2.75) is 32.2 Å². The minimum atomic E-state index is 0.708. The molecule has 4 heteroatoms. The molecule has 2 heterocycles. The van der Waals surface area contributed by atoms with Gasteiger partial charge in [-0.15, -0.1) is 11.3 Å². The minimum absolute atomic E-state index is 0.708. The fraction of sp³-hybridized carbons (Fsp3) is 0.700. The van der Waals surface area contributed by atoms with Gasteiger partial charge in [0.15, 0.2) is 5.13 Å². The third kappa shape index (κ3) is 2.11. The molecule has 2 rings (SSSR count). The zero-order valence-corrected chi connectivity index (χ0v) is 10.8. The standard InChI is InChI=1S/C10H15BrN2S/c1-8-7-14-10(12-8)13-6-2-3-9(13)4-5-11/h7,9H,2-6H2,1H3. The second kappa shape index (κ2) is 4.62. The molecular formula is C10H15BrN2S. The number of aryl methyl sites for hydroxylation is 1. The van der Waals surface area contributed by atoms with E-state index in [-0.39, 0.29) is 0 Å². The van der Waals surface area contributed by atoms with Crippen LogP contribution in [0, 0.1) is 6.92 Å². The normalized spacial score (nSPS) is 21.9. The van der Waals surface area contributed by atoms with E-state index in [1.165, 1.54) is 30.9 Å². The van der Waals surface area contributed by atoms with Crippen molar-refractivity contribution < 1.29 is 0 Å². The van der Waals surface area contributed by atoms with Gasteiger partial charge in [-0.05, 0) is 26.2 Å². The van der Waals surface area contributed by atoms with Gasteiger partial charge in [0.05, 0.1) is 5.69 Å². The summed E-state index contributed by atoms with van der Waals surface area (Å²) in [5, 5.41) is 4.45. The molecular weight excluding hydrogens is 260 g/mol. The number of rotatable bonds is 3. The first kappa shape index (κ1) is 10.4. The second-order valence-electron chi connectivity index (χ2n) is 3.74. The van der Waals surface area contributed by atoms with Gasteiger partial charge in [-0.2, -0.15) is 0 Å². The Morgan fingerprint density at radius 1 is 1.71 bits per heavy atom. The maximum absolute atomic E-state index is 4.55. The maximum Gasteiger partial charge on any atom is 0.185 e. The van der Waals surface area contributed by atoms with Crippen LogP contribution in [-0.2, 0) is 0 Å². The number of nitrogens with zero attached hydrogens (tertiary/aromatic N) is 2. The lowest BCUT2D eigenvalue weighted by molar-refractivity contribution is 0.651. The van der Waals surface area contributed by atoms with Crippen LogP contribution in [0.1, 0.15) is 25.0 Å². The van der Waals surface area contributed by atoms with Crippen LogP contribution in [0.3, 0.4) is 0 Å². The Hall–Kier alpha value is -0.0900. The highest BCUT2D eigenvalue weighted by molar-refractivity contribution is 9.09. The van der Waals surface area contributed by atoms with Crippen LogP contribution in [0.15, 0.2) is 5.38 Å². The van der Waals surface area contributed by atoms with Crippen molar-refractivity contribution in [3.8, 4) is 0 Å². The van der Waals surface area contributed by atoms with Gasteiger partial charge >= 0.3 is 0 Å². The summed E-state index contributed by atoms with van der Waals surface area (Å²) in [6.45, 7) is 3.25. The van der Waals surface area contributed by atoms with Crippen molar-refractivity contribution in [2.24, 2.45) is 0 Å². The summed E-state index contributed by atoms with van der Waals surface area (Å²) < 4.78 is 0. The molecule has 0 spiro atoms. The van der Waals surface area contributed by atoms with Gasteiger partial charge in [0.2, 0.25) is 0 Å². The van der Waals surface area contributed by atoms with Gasteiger partial charge in [0.1, 0.15) is 0 Å². The Bertz CT molecular complexity index is 300. The van der Waals surface area contributed by atoms with Gasteiger partial charge in [-0.25, -0.2) is 4.98 Å². The van der Waals surface area contributed by atoms with Crippen molar-refractivity contribution in [1.82, 2.24) is 4.98 Å². The van der Waals surface area contributed by atoms with E-state index in [0.29, 0.717) is 6.04 Å². The number of aromatic nitrogens is 1. The lowest BCUT2D eigenvalue weighted by atomic mass is 10.2. The monoisotopic (exact) mass is 274 g/mol. The molecule has 0 aliphatic carbocycles. The van der Waals surface area contributed by atoms with Crippen molar-refractivity contribution in [2.75, 3.05) is 16.8 Å². The lowest BCUT2D eigenvalue weighted by Crippen LogP contribution is -2.29. The average molecular weight is 275 g/mol. The van der Waals surface area contributed by atoms with Crippen LogP contribution in [-0.4, -0.2) is 22.9 Å². The number of thiazole rings is 1. The third-order valence-corrected chi connectivity index (χ3v) is 4.13. The third-order valence-electron chi connectivity index (χ3n) is 2.67. The quantitative estimate of drug-likeness (QED) is 0.787. The van der Waals surface area contributed by atoms with Crippen LogP contribution in [0.5, 0.6) is 0 Å². The van der Waals surface area contributed by atoms with E-state index in [2.05, 4.69) is 38.1 Å². The number of halogens is 1. The first-order valence-electron chi connectivity index (χ1n) is 5.06. The minimum Gasteiger partial charge on any atom is -0.345 e. The molecule has 1 atom stereocenters. The molecule has 0 radical (unpaired) electrons. The van der Waals surface area contributed by atoms with Crippen LogP contribution >= 0.6 is 27.3 Å². The molecule has 1 aliphatic rings. The molecule has 1 fully saturated rings. The fourth-order valence-corrected chi connectivity index (χ4v) is 3.42. The summed E-state index contributed by atoms with van der Waals surface area (Å²) in [5.74, 6) is 0. The summed E-state index contributed by atoms with van der Waals surface area (Å²) >= 11 is 5.30. The number of hydrogen-bond acceptors (Lipinski definition) is 3. The highest BCUT2D eigenvalue weighted by Crippen LogP contribution is 2.29. The van der Waals surface area contributed by atoms with E-state index in [1.807, 2.05) is 0 Å². The molecule has 2 nitrogen and oxygen atoms in total. The molecule has 1 aliphatic heterocycles. The van der Waals surface area contributed by atoms with Gasteiger partial charge < -0.3 is 4.90 Å². The van der Waals surface area contributed by atoms with Gasteiger partial charge in [-0.1, -0.05) is 15.9 Å². The Kier molecular flexibility index (Phi) is 3.44. The first-order valence-corrected chi connectivity index (χ1v) is 7.06.